The molecule has 0 radical (unpaired) electrons. The van der Waals surface area contributed by atoms with E-state index < -0.39 is 5.54 Å². The summed E-state index contributed by atoms with van der Waals surface area (Å²) in [5, 5.41) is 3.05. The molecule has 1 unspecified atom stereocenters. The molecule has 0 saturated heterocycles. The second-order valence-electron chi connectivity index (χ2n) is 6.48. The number of benzene rings is 1. The Morgan fingerprint density at radius 1 is 0.885 bits per heavy atom. The van der Waals surface area contributed by atoms with Gasteiger partial charge in [-0.1, -0.05) is 30.3 Å². The van der Waals surface area contributed by atoms with E-state index in [1.54, 1.807) is 0 Å². The summed E-state index contributed by atoms with van der Waals surface area (Å²) >= 11 is 0. The van der Waals surface area contributed by atoms with Crippen LogP contribution in [0.15, 0.2) is 30.3 Å². The minimum absolute atomic E-state index is 0.131. The number of hydrogen-bond acceptors (Lipinski definition) is 5. The fourth-order valence-electron chi connectivity index (χ4n) is 2.98. The zero-order chi connectivity index (χ0) is 19.4. The van der Waals surface area contributed by atoms with E-state index >= 15 is 0 Å². The van der Waals surface area contributed by atoms with Crippen molar-refractivity contribution < 1.29 is 23.9 Å². The van der Waals surface area contributed by atoms with Crippen LogP contribution in [-0.2, 0) is 30.3 Å². The monoisotopic (exact) mass is 363 g/mol. The van der Waals surface area contributed by atoms with Crippen LogP contribution in [-0.4, -0.2) is 36.6 Å². The standard InChI is InChI=1S/C20H29NO5/c1-16(22)21-20(13-15-26-18(3)24,11-7-14-25-17(2)23)12-10-19-8-5-4-6-9-19/h4-6,8-9H,7,10-15H2,1-3H3,(H,21,22). The topological polar surface area (TPSA) is 81.7 Å². The average Bonchev–Trinajstić information content (AvgIpc) is 2.57. The van der Waals surface area contributed by atoms with Crippen LogP contribution in [0.25, 0.3) is 0 Å². The molecule has 0 spiro atoms. The molecule has 1 aromatic rings. The molecule has 0 fully saturated rings. The van der Waals surface area contributed by atoms with Crippen LogP contribution in [0.4, 0.5) is 0 Å². The van der Waals surface area contributed by atoms with Gasteiger partial charge in [-0.05, 0) is 31.2 Å². The molecule has 0 saturated carbocycles. The number of rotatable bonds is 11. The van der Waals surface area contributed by atoms with Crippen molar-refractivity contribution in [2.75, 3.05) is 13.2 Å². The van der Waals surface area contributed by atoms with E-state index in [2.05, 4.69) is 5.32 Å². The van der Waals surface area contributed by atoms with Crippen LogP contribution >= 0.6 is 0 Å². The van der Waals surface area contributed by atoms with Gasteiger partial charge in [0.1, 0.15) is 0 Å². The first-order chi connectivity index (χ1) is 12.3. The number of esters is 2. The fraction of sp³-hybridized carbons (Fsp3) is 0.550. The van der Waals surface area contributed by atoms with E-state index in [0.717, 1.165) is 6.42 Å². The Morgan fingerprint density at radius 2 is 1.50 bits per heavy atom. The molecule has 26 heavy (non-hydrogen) atoms. The van der Waals surface area contributed by atoms with Crippen molar-refractivity contribution in [1.82, 2.24) is 5.32 Å². The van der Waals surface area contributed by atoms with Gasteiger partial charge in [0, 0.05) is 32.7 Å². The first kappa shape index (κ1) is 21.7. The molecular weight excluding hydrogens is 334 g/mol. The summed E-state index contributed by atoms with van der Waals surface area (Å²) < 4.78 is 10.1. The lowest BCUT2D eigenvalue weighted by Gasteiger charge is -2.35. The Labute approximate surface area is 155 Å². The van der Waals surface area contributed by atoms with Gasteiger partial charge in [-0.3, -0.25) is 14.4 Å². The molecule has 0 bridgehead atoms. The Morgan fingerprint density at radius 3 is 2.08 bits per heavy atom. The molecular formula is C20H29NO5. The third-order valence-electron chi connectivity index (χ3n) is 4.17. The molecule has 0 aromatic heterocycles. The number of amides is 1. The molecule has 1 atom stereocenters. The summed E-state index contributed by atoms with van der Waals surface area (Å²) in [7, 11) is 0. The average molecular weight is 363 g/mol. The van der Waals surface area contributed by atoms with Crippen molar-refractivity contribution in [3.05, 3.63) is 35.9 Å². The molecule has 1 N–H and O–H groups in total. The Bertz CT molecular complexity index is 587. The van der Waals surface area contributed by atoms with E-state index in [4.69, 9.17) is 9.47 Å². The van der Waals surface area contributed by atoms with E-state index in [0.29, 0.717) is 32.3 Å². The van der Waals surface area contributed by atoms with Gasteiger partial charge in [-0.25, -0.2) is 0 Å². The molecule has 0 heterocycles. The SMILES string of the molecule is CC(=O)NC(CCCOC(C)=O)(CCOC(C)=O)CCc1ccccc1. The summed E-state index contributed by atoms with van der Waals surface area (Å²) in [4.78, 5) is 33.9. The molecule has 1 aromatic carbocycles. The molecule has 1 amide bonds. The largest absolute Gasteiger partial charge is 0.466 e. The fourth-order valence-corrected chi connectivity index (χ4v) is 2.98. The minimum Gasteiger partial charge on any atom is -0.466 e. The number of hydrogen-bond donors (Lipinski definition) is 1. The Kier molecular flexibility index (Phi) is 9.41. The van der Waals surface area contributed by atoms with E-state index in [1.165, 1.54) is 26.3 Å². The number of carbonyl (C=O) groups is 3. The van der Waals surface area contributed by atoms with Crippen molar-refractivity contribution in [2.45, 2.75) is 58.4 Å². The highest BCUT2D eigenvalue weighted by atomic mass is 16.5. The van der Waals surface area contributed by atoms with Crippen LogP contribution in [0.1, 0.15) is 52.0 Å². The zero-order valence-corrected chi connectivity index (χ0v) is 15.9. The third kappa shape index (κ3) is 9.20. The molecule has 0 aliphatic heterocycles. The predicted molar refractivity (Wildman–Crippen MR) is 98.4 cm³/mol. The van der Waals surface area contributed by atoms with E-state index in [1.807, 2.05) is 30.3 Å². The van der Waals surface area contributed by atoms with Crippen molar-refractivity contribution >= 4 is 17.8 Å². The van der Waals surface area contributed by atoms with Crippen molar-refractivity contribution in [1.29, 1.82) is 0 Å². The molecule has 6 nitrogen and oxygen atoms in total. The lowest BCUT2D eigenvalue weighted by Crippen LogP contribution is -2.49. The van der Waals surface area contributed by atoms with Crippen LogP contribution in [0, 0.1) is 0 Å². The van der Waals surface area contributed by atoms with Crippen LogP contribution in [0.2, 0.25) is 0 Å². The van der Waals surface area contributed by atoms with Gasteiger partial charge in [-0.2, -0.15) is 0 Å². The highest BCUT2D eigenvalue weighted by Crippen LogP contribution is 2.25. The maximum Gasteiger partial charge on any atom is 0.302 e. The van der Waals surface area contributed by atoms with Crippen molar-refractivity contribution in [3.8, 4) is 0 Å². The van der Waals surface area contributed by atoms with E-state index in [-0.39, 0.29) is 24.5 Å². The zero-order valence-electron chi connectivity index (χ0n) is 15.9. The summed E-state index contributed by atoms with van der Waals surface area (Å²) in [6.45, 7) is 4.75. The minimum atomic E-state index is -0.517. The van der Waals surface area contributed by atoms with Gasteiger partial charge in [0.05, 0.1) is 13.2 Å². The van der Waals surface area contributed by atoms with Gasteiger partial charge in [0.2, 0.25) is 5.91 Å². The number of nitrogens with one attached hydrogen (secondary N) is 1. The smallest absolute Gasteiger partial charge is 0.302 e. The Balaban J connectivity index is 2.81. The molecule has 0 aliphatic rings. The molecule has 1 rings (SSSR count). The molecule has 144 valence electrons. The lowest BCUT2D eigenvalue weighted by molar-refractivity contribution is -0.143. The number of ether oxygens (including phenoxy) is 2. The second kappa shape index (κ2) is 11.3. The van der Waals surface area contributed by atoms with Gasteiger partial charge >= 0.3 is 11.9 Å². The maximum atomic E-state index is 11.8. The molecule has 0 aliphatic carbocycles. The summed E-state index contributed by atoms with van der Waals surface area (Å²) in [5.41, 5.74) is 0.659. The maximum absolute atomic E-state index is 11.8. The number of carbonyl (C=O) groups excluding carboxylic acids is 3. The first-order valence-electron chi connectivity index (χ1n) is 8.92. The number of aryl methyl sites for hydroxylation is 1. The lowest BCUT2D eigenvalue weighted by atomic mass is 9.83. The normalized spacial score (nSPS) is 12.7. The quantitative estimate of drug-likeness (QED) is 0.483. The highest BCUT2D eigenvalue weighted by molar-refractivity contribution is 5.73. The first-order valence-corrected chi connectivity index (χ1v) is 8.92. The highest BCUT2D eigenvalue weighted by Gasteiger charge is 2.30. The third-order valence-corrected chi connectivity index (χ3v) is 4.17. The van der Waals surface area contributed by atoms with Crippen molar-refractivity contribution in [3.63, 3.8) is 0 Å². The van der Waals surface area contributed by atoms with Crippen LogP contribution < -0.4 is 5.32 Å². The summed E-state index contributed by atoms with van der Waals surface area (Å²) in [6, 6.07) is 10.0. The second-order valence-corrected chi connectivity index (χ2v) is 6.48. The van der Waals surface area contributed by atoms with Gasteiger partial charge in [-0.15, -0.1) is 0 Å². The van der Waals surface area contributed by atoms with E-state index in [9.17, 15) is 14.4 Å². The molecule has 6 heteroatoms. The van der Waals surface area contributed by atoms with Gasteiger partial charge in [0.25, 0.3) is 0 Å². The predicted octanol–water partition coefficient (Wildman–Crippen LogP) is 2.79. The van der Waals surface area contributed by atoms with Crippen LogP contribution in [0.5, 0.6) is 0 Å². The van der Waals surface area contributed by atoms with Crippen LogP contribution in [0.3, 0.4) is 0 Å². The van der Waals surface area contributed by atoms with Gasteiger partial charge in [0.15, 0.2) is 0 Å². The van der Waals surface area contributed by atoms with Crippen molar-refractivity contribution in [2.24, 2.45) is 0 Å². The summed E-state index contributed by atoms with van der Waals surface area (Å²) in [5.74, 6) is -0.794. The Hall–Kier alpha value is -2.37. The van der Waals surface area contributed by atoms with Gasteiger partial charge < -0.3 is 14.8 Å². The summed E-state index contributed by atoms with van der Waals surface area (Å²) in [6.07, 6.45) is 3.26.